The van der Waals surface area contributed by atoms with Gasteiger partial charge in [0.15, 0.2) is 12.0 Å². The Morgan fingerprint density at radius 3 is 1.30 bits per heavy atom. The Hall–Kier alpha value is -11.2. The van der Waals surface area contributed by atoms with Gasteiger partial charge in [-0.05, 0) is 153 Å². The summed E-state index contributed by atoms with van der Waals surface area (Å²) in [5.74, 6) is 17.8. The van der Waals surface area contributed by atoms with E-state index in [2.05, 4.69) is 111 Å². The highest BCUT2D eigenvalue weighted by atomic mass is 35.5. The summed E-state index contributed by atoms with van der Waals surface area (Å²) in [6.07, 6.45) is 12.1. The van der Waals surface area contributed by atoms with Crippen LogP contribution in [0.4, 0.5) is 11.4 Å². The molecule has 14 N–H and O–H groups in total. The number of carbonyl (C=O) groups excluding carboxylic acids is 1. The molecule has 0 radical (unpaired) electrons. The third kappa shape index (κ3) is 19.8. The summed E-state index contributed by atoms with van der Waals surface area (Å²) in [6, 6.07) is 63.4. The number of piperidine rings is 2. The number of azo groups is 1. The molecule has 0 bridgehead atoms. The molecule has 9 heterocycles. The highest BCUT2D eigenvalue weighted by Gasteiger charge is 2.27. The van der Waals surface area contributed by atoms with Crippen molar-refractivity contribution < 1.29 is 4.79 Å². The van der Waals surface area contributed by atoms with E-state index in [0.29, 0.717) is 42.4 Å². The number of aromatic nitrogens is 10. The van der Waals surface area contributed by atoms with Gasteiger partial charge >= 0.3 is 0 Å². The lowest BCUT2D eigenvalue weighted by Gasteiger charge is -2.33. The zero-order valence-electron chi connectivity index (χ0n) is 58.3. The van der Waals surface area contributed by atoms with Gasteiger partial charge in [0, 0.05) is 107 Å². The molecule has 14 aromatic rings. The van der Waals surface area contributed by atoms with E-state index in [-0.39, 0.29) is 36.7 Å². The summed E-state index contributed by atoms with van der Waals surface area (Å²) >= 11 is 35.1. The number of hydrazone groups is 1. The number of carbonyl (C=O) groups is 1. The Morgan fingerprint density at radius 1 is 0.514 bits per heavy atom. The van der Waals surface area contributed by atoms with Crippen LogP contribution >= 0.6 is 83.7 Å². The van der Waals surface area contributed by atoms with Crippen LogP contribution in [-0.4, -0.2) is 104 Å². The lowest BCUT2D eigenvalue weighted by atomic mass is 9.92. The Balaban J connectivity index is 0.000000139. The number of hydrogen-bond donors (Lipinski definition) is 9. The lowest BCUT2D eigenvalue weighted by molar-refractivity contribution is -0.115. The van der Waals surface area contributed by atoms with E-state index in [4.69, 9.17) is 97.8 Å². The second-order valence-electron chi connectivity index (χ2n) is 25.0. The smallest absolute Gasteiger partial charge is 0.224 e. The average Bonchev–Trinajstić information content (AvgIpc) is 1.68. The van der Waals surface area contributed by atoms with E-state index in [1.165, 1.54) is 11.4 Å². The molecule has 0 saturated carbocycles. The molecule has 3 aliphatic heterocycles. The Kier molecular flexibility index (Phi) is 27.2. The van der Waals surface area contributed by atoms with Crippen molar-refractivity contribution in [1.29, 1.82) is 5.26 Å². The van der Waals surface area contributed by atoms with Crippen LogP contribution in [0, 0.1) is 23.2 Å². The predicted molar refractivity (Wildman–Crippen MR) is 449 cm³/mol. The van der Waals surface area contributed by atoms with Crippen molar-refractivity contribution in [3.05, 3.63) is 261 Å². The van der Waals surface area contributed by atoms with Gasteiger partial charge in [-0.3, -0.25) is 26.4 Å². The number of imidazole rings is 4. The van der Waals surface area contributed by atoms with Gasteiger partial charge in [0.25, 0.3) is 0 Å². The van der Waals surface area contributed by atoms with E-state index in [1.54, 1.807) is 30.6 Å². The minimum atomic E-state index is -0.190. The number of anilines is 2. The monoisotopic (exact) mass is 1580 g/mol. The van der Waals surface area contributed by atoms with Gasteiger partial charge in [0.2, 0.25) is 5.24 Å². The highest BCUT2D eigenvalue weighted by Crippen LogP contribution is 2.34. The maximum atomic E-state index is 11.0. The molecule has 109 heavy (non-hydrogen) atoms. The molecular formula is C79H73Cl5N22OS2. The number of amidine groups is 2. The number of nitrogens with zero attached hydrogens (tertiary/aromatic N) is 13. The molecule has 23 nitrogen and oxygen atoms in total. The van der Waals surface area contributed by atoms with Gasteiger partial charge in [0.05, 0.1) is 53.8 Å². The van der Waals surface area contributed by atoms with Gasteiger partial charge in [-0.15, -0.1) is 5.11 Å². The number of aromatic amines is 4. The summed E-state index contributed by atoms with van der Waals surface area (Å²) in [6.45, 7) is 3.90. The summed E-state index contributed by atoms with van der Waals surface area (Å²) in [5.41, 5.74) is 27.2. The van der Waals surface area contributed by atoms with Crippen LogP contribution in [0.3, 0.4) is 0 Å². The maximum Gasteiger partial charge on any atom is 0.224 e. The lowest BCUT2D eigenvalue weighted by Crippen LogP contribution is -2.35. The van der Waals surface area contributed by atoms with Crippen LogP contribution in [0.25, 0.3) is 89.7 Å². The number of para-hydroxylation sites is 4. The van der Waals surface area contributed by atoms with E-state index in [0.717, 1.165) is 165 Å². The molecule has 30 heteroatoms. The highest BCUT2D eigenvalue weighted by molar-refractivity contribution is 7.80. The Labute approximate surface area is 664 Å². The zero-order valence-corrected chi connectivity index (χ0v) is 63.9. The van der Waals surface area contributed by atoms with E-state index in [9.17, 15) is 4.79 Å². The number of nitrogens with two attached hydrogens (primary N) is 5. The largest absolute Gasteiger partial charge is 0.389 e. The zero-order chi connectivity index (χ0) is 75.6. The first-order valence-electron chi connectivity index (χ1n) is 34.2. The molecule has 2 saturated heterocycles. The second-order valence-corrected chi connectivity index (χ2v) is 27.4. The van der Waals surface area contributed by atoms with Crippen molar-refractivity contribution >= 4 is 161 Å². The number of pyridine rings is 2. The standard InChI is InChI=1S/C26H24ClN7.C14H12ClN5.C14H10ClN3S.C14H8ClN3.C11H13ClN2O.H4N2.H2S/c27-21-5-2-6-22-24(21)31-25(29-22)18-3-1-4-19(16-18)26-30-23(32-33-26)15-17-9-13-34(14-10-17)20-7-11-28-12-8-20;15-10-5-2-6-11-12(10)19-14(18-11)9-4-1-3-8(7-9)13(16)20-17;15-10-5-2-6-11-12(10)18-14(17-11)9-4-1-3-8(7-9)13(16)19;15-11-5-2-6-12-13(11)18-14(17-12)10-4-1-3-9(7-10)8-16;12-11(15)9-3-7-14(8-4-9)10-1-5-13-6-2-10;1-2;/h1-8,11-12,16-17,23H,9-10,13-15H2,(H,29,31);1-7H,17H2,(H2,16,20)(H,18,19);1-7H,(H2,16,19)(H,17,18);1-7H,(H,17,18);1-2,5-6,9H,3-4,7-8H2;1-2H2;1H2. The first-order chi connectivity index (χ1) is 52.6. The van der Waals surface area contributed by atoms with Crippen LogP contribution in [0.1, 0.15) is 54.4 Å². The van der Waals surface area contributed by atoms with E-state index in [1.807, 2.05) is 170 Å². The number of H-pyrrole nitrogens is 4. The predicted octanol–water partition coefficient (Wildman–Crippen LogP) is 16.9. The number of thiocarbonyl (C=S) groups is 1. The molecule has 8 aromatic carbocycles. The van der Waals surface area contributed by atoms with Gasteiger partial charge in [-0.25, -0.2) is 24.9 Å². The summed E-state index contributed by atoms with van der Waals surface area (Å²) in [7, 11) is 0. The summed E-state index contributed by atoms with van der Waals surface area (Å²) < 4.78 is 0. The van der Waals surface area contributed by atoms with Crippen molar-refractivity contribution in [2.75, 3.05) is 36.0 Å². The molecule has 3 aliphatic rings. The van der Waals surface area contributed by atoms with Crippen LogP contribution in [0.2, 0.25) is 20.1 Å². The van der Waals surface area contributed by atoms with Crippen molar-refractivity contribution in [2.24, 2.45) is 61.2 Å². The van der Waals surface area contributed by atoms with E-state index >= 15 is 0 Å². The van der Waals surface area contributed by atoms with Crippen molar-refractivity contribution in [3.8, 4) is 51.6 Å². The normalized spacial score (nSPS) is 14.1. The molecular weight excluding hydrogens is 1510 g/mol. The third-order valence-corrected chi connectivity index (χ3v) is 19.9. The number of rotatable bonds is 12. The fourth-order valence-electron chi connectivity index (χ4n) is 12.5. The fraction of sp³-hybridized carbons (Fsp3) is 0.152. The van der Waals surface area contributed by atoms with Crippen LogP contribution in [0.15, 0.2) is 239 Å². The number of hydrazine groups is 1. The number of aliphatic imine (C=N–C) groups is 1. The molecule has 1 unspecified atom stereocenters. The number of fused-ring (bicyclic) bond motifs is 4. The quantitative estimate of drug-likeness (QED) is 0.0137. The minimum Gasteiger partial charge on any atom is -0.389 e. The molecule has 0 spiro atoms. The van der Waals surface area contributed by atoms with Gasteiger partial charge < -0.3 is 47.0 Å². The second kappa shape index (κ2) is 37.6. The van der Waals surface area contributed by atoms with Crippen LogP contribution < -0.4 is 38.8 Å². The molecule has 0 amide bonds. The van der Waals surface area contributed by atoms with Crippen molar-refractivity contribution in [1.82, 2.24) is 49.8 Å². The Morgan fingerprint density at radius 2 is 0.890 bits per heavy atom. The third-order valence-electron chi connectivity index (χ3n) is 18.1. The minimum absolute atomic E-state index is 0. The van der Waals surface area contributed by atoms with Crippen LogP contribution in [0.5, 0.6) is 0 Å². The number of benzene rings is 8. The number of halogens is 5. The number of hydrogen-bond acceptors (Lipinski definition) is 18. The Bertz CT molecular complexity index is 5610. The SMILES string of the molecule is Clc1cccc2[nH]c(-c3cccc(C4=NC(CC5CCN(c6ccncc6)CC5)N=N4)c3)nc12.N#Cc1cccc(-c2nc3c(Cl)cccc3[nH]2)c1.N/N=C(\N)c1cccc(-c2nc3c(Cl)cccc3[nH]2)c1.NC(=S)c1cccc(-c2nc3c(Cl)cccc3[nH]2)c1.NN.O=C(Cl)C1CCN(c2ccncc2)CC1.S. The molecule has 552 valence electrons. The molecule has 0 aliphatic carbocycles. The van der Waals surface area contributed by atoms with Gasteiger partial charge in [-0.2, -0.15) is 29.0 Å². The number of nitriles is 1. The van der Waals surface area contributed by atoms with Gasteiger partial charge in [-0.1, -0.05) is 150 Å². The van der Waals surface area contributed by atoms with Crippen molar-refractivity contribution in [3.63, 3.8) is 0 Å². The summed E-state index contributed by atoms with van der Waals surface area (Å²) in [5, 5.41) is 23.6. The van der Waals surface area contributed by atoms with Crippen LogP contribution in [-0.2, 0) is 4.79 Å². The topological polar surface area (TPSA) is 367 Å². The molecule has 6 aromatic heterocycles. The molecule has 17 rings (SSSR count). The summed E-state index contributed by atoms with van der Waals surface area (Å²) in [4.78, 5) is 60.2. The maximum absolute atomic E-state index is 11.0. The first-order valence-corrected chi connectivity index (χ1v) is 36.5. The molecule has 1 atom stereocenters. The van der Waals surface area contributed by atoms with E-state index < -0.39 is 0 Å². The van der Waals surface area contributed by atoms with Crippen molar-refractivity contribution in [2.45, 2.75) is 38.3 Å². The molecule has 2 fully saturated rings. The number of nitrogens with one attached hydrogen (secondary N) is 4. The first kappa shape index (κ1) is 78.9. The fourth-order valence-corrected chi connectivity index (χ4v) is 13.8. The van der Waals surface area contributed by atoms with Gasteiger partial charge in [0.1, 0.15) is 56.2 Å². The average molecular weight is 1590 g/mol.